The van der Waals surface area contributed by atoms with Crippen LogP contribution in [-0.2, 0) is 5.75 Å². The predicted octanol–water partition coefficient (Wildman–Crippen LogP) is 4.89. The minimum atomic E-state index is -0.135. The highest BCUT2D eigenvalue weighted by Crippen LogP contribution is 2.25. The molecule has 2 rings (SSSR count). The molecule has 2 aromatic rings. The molecule has 1 amide bonds. The summed E-state index contributed by atoms with van der Waals surface area (Å²) < 4.78 is 0. The minimum Gasteiger partial charge on any atom is -0.399 e. The van der Waals surface area contributed by atoms with Gasteiger partial charge >= 0.3 is 0 Å². The van der Waals surface area contributed by atoms with Crippen LogP contribution in [0.15, 0.2) is 42.5 Å². The Kier molecular flexibility index (Phi) is 7.46. The molecule has 0 heterocycles. The first-order chi connectivity index (χ1) is 10.5. The zero-order chi connectivity index (χ0) is 16.1. The van der Waals surface area contributed by atoms with E-state index in [0.717, 1.165) is 17.0 Å². The van der Waals surface area contributed by atoms with Crippen molar-refractivity contribution in [1.82, 2.24) is 0 Å². The van der Waals surface area contributed by atoms with Crippen molar-refractivity contribution < 1.29 is 4.79 Å². The molecule has 0 unspecified atom stereocenters. The number of benzene rings is 2. The van der Waals surface area contributed by atoms with Crippen molar-refractivity contribution in [1.29, 1.82) is 0 Å². The summed E-state index contributed by atoms with van der Waals surface area (Å²) in [5.74, 6) is 0.815. The van der Waals surface area contributed by atoms with Crippen LogP contribution in [0.4, 0.5) is 11.4 Å². The Morgan fingerprint density at radius 2 is 1.91 bits per heavy atom. The standard InChI is InChI=1S/C18H22N2OS.ClH/c1-12(2)22-11-15-7-5-9-17(13(15)3)20-18(21)14-6-4-8-16(19)10-14;/h4-10,12H,11,19H2,1-3H3,(H,20,21);1H. The molecule has 0 bridgehead atoms. The number of hydrogen-bond donors (Lipinski definition) is 2. The van der Waals surface area contributed by atoms with Gasteiger partial charge in [-0.2, -0.15) is 11.8 Å². The predicted molar refractivity (Wildman–Crippen MR) is 104 cm³/mol. The van der Waals surface area contributed by atoms with Gasteiger partial charge in [0.2, 0.25) is 0 Å². The van der Waals surface area contributed by atoms with Crippen molar-refractivity contribution in [3.05, 3.63) is 59.2 Å². The van der Waals surface area contributed by atoms with E-state index in [-0.39, 0.29) is 18.3 Å². The molecule has 0 radical (unpaired) electrons. The van der Waals surface area contributed by atoms with Crippen molar-refractivity contribution in [2.75, 3.05) is 11.1 Å². The van der Waals surface area contributed by atoms with Gasteiger partial charge in [-0.1, -0.05) is 32.0 Å². The van der Waals surface area contributed by atoms with Crippen molar-refractivity contribution >= 4 is 41.5 Å². The number of nitrogen functional groups attached to an aromatic ring is 1. The van der Waals surface area contributed by atoms with Gasteiger partial charge in [0.15, 0.2) is 0 Å². The molecule has 0 aliphatic carbocycles. The monoisotopic (exact) mass is 350 g/mol. The average molecular weight is 351 g/mol. The smallest absolute Gasteiger partial charge is 0.255 e. The number of rotatable bonds is 5. The number of amides is 1. The Balaban J connectivity index is 0.00000264. The third-order valence-corrected chi connectivity index (χ3v) is 4.56. The van der Waals surface area contributed by atoms with Crippen molar-refractivity contribution in [3.8, 4) is 0 Å². The molecule has 0 atom stereocenters. The molecule has 0 aliphatic rings. The second kappa shape index (κ2) is 8.85. The van der Waals surface area contributed by atoms with Gasteiger partial charge in [0.05, 0.1) is 0 Å². The van der Waals surface area contributed by atoms with Crippen LogP contribution in [0, 0.1) is 6.92 Å². The lowest BCUT2D eigenvalue weighted by Crippen LogP contribution is -2.13. The van der Waals surface area contributed by atoms with E-state index < -0.39 is 0 Å². The molecule has 0 fully saturated rings. The van der Waals surface area contributed by atoms with Crippen LogP contribution in [0.2, 0.25) is 0 Å². The first-order valence-electron chi connectivity index (χ1n) is 7.34. The SMILES string of the molecule is Cc1c(CSC(C)C)cccc1NC(=O)c1cccc(N)c1.Cl. The summed E-state index contributed by atoms with van der Waals surface area (Å²) in [5, 5.41) is 3.57. The van der Waals surface area contributed by atoms with Crippen LogP contribution >= 0.6 is 24.2 Å². The van der Waals surface area contributed by atoms with Crippen LogP contribution in [-0.4, -0.2) is 11.2 Å². The number of halogens is 1. The Labute approximate surface area is 148 Å². The zero-order valence-electron chi connectivity index (χ0n) is 13.6. The van der Waals surface area contributed by atoms with Gasteiger partial charge in [-0.3, -0.25) is 4.79 Å². The minimum absolute atomic E-state index is 0. The molecule has 3 N–H and O–H groups in total. The fourth-order valence-electron chi connectivity index (χ4n) is 2.11. The molecule has 3 nitrogen and oxygen atoms in total. The Hall–Kier alpha value is -1.65. The second-order valence-corrected chi connectivity index (χ2v) is 7.09. The highest BCUT2D eigenvalue weighted by atomic mass is 35.5. The third-order valence-electron chi connectivity index (χ3n) is 3.42. The van der Waals surface area contributed by atoms with Crippen molar-refractivity contribution in [2.24, 2.45) is 0 Å². The van der Waals surface area contributed by atoms with Crippen LogP contribution in [0.5, 0.6) is 0 Å². The van der Waals surface area contributed by atoms with E-state index >= 15 is 0 Å². The summed E-state index contributed by atoms with van der Waals surface area (Å²) in [6, 6.07) is 13.0. The van der Waals surface area contributed by atoms with Gasteiger partial charge in [-0.25, -0.2) is 0 Å². The molecule has 0 spiro atoms. The lowest BCUT2D eigenvalue weighted by atomic mass is 10.1. The Bertz CT molecular complexity index is 674. The average Bonchev–Trinajstić information content (AvgIpc) is 2.48. The van der Waals surface area contributed by atoms with Gasteiger partial charge in [-0.05, 0) is 47.6 Å². The highest BCUT2D eigenvalue weighted by Gasteiger charge is 2.10. The van der Waals surface area contributed by atoms with Crippen molar-refractivity contribution in [2.45, 2.75) is 31.8 Å². The molecule has 2 aromatic carbocycles. The molecular weight excluding hydrogens is 328 g/mol. The first-order valence-corrected chi connectivity index (χ1v) is 8.39. The molecule has 5 heteroatoms. The third kappa shape index (κ3) is 5.48. The maximum Gasteiger partial charge on any atom is 0.255 e. The summed E-state index contributed by atoms with van der Waals surface area (Å²) in [4.78, 5) is 12.3. The van der Waals surface area contributed by atoms with Crippen LogP contribution in [0.3, 0.4) is 0 Å². The molecule has 0 aliphatic heterocycles. The van der Waals surface area contributed by atoms with Crippen LogP contribution < -0.4 is 11.1 Å². The number of anilines is 2. The van der Waals surface area contributed by atoms with Gasteiger partial charge in [0, 0.05) is 22.7 Å². The maximum atomic E-state index is 12.3. The van der Waals surface area contributed by atoms with E-state index in [1.54, 1.807) is 24.3 Å². The number of nitrogens with two attached hydrogens (primary N) is 1. The summed E-state index contributed by atoms with van der Waals surface area (Å²) in [5.41, 5.74) is 10.1. The van der Waals surface area contributed by atoms with Crippen molar-refractivity contribution in [3.63, 3.8) is 0 Å². The Morgan fingerprint density at radius 1 is 1.22 bits per heavy atom. The summed E-state index contributed by atoms with van der Waals surface area (Å²) >= 11 is 1.90. The molecule has 0 aromatic heterocycles. The Morgan fingerprint density at radius 3 is 2.57 bits per heavy atom. The number of thioether (sulfide) groups is 1. The van der Waals surface area contributed by atoms with E-state index in [2.05, 4.69) is 25.2 Å². The molecular formula is C18H23ClN2OS. The fraction of sp³-hybridized carbons (Fsp3) is 0.278. The number of carbonyl (C=O) groups excluding carboxylic acids is 1. The molecule has 0 saturated carbocycles. The zero-order valence-corrected chi connectivity index (χ0v) is 15.3. The highest BCUT2D eigenvalue weighted by molar-refractivity contribution is 7.99. The van der Waals surface area contributed by atoms with E-state index in [1.807, 2.05) is 30.8 Å². The van der Waals surface area contributed by atoms with Crippen LogP contribution in [0.25, 0.3) is 0 Å². The first kappa shape index (κ1) is 19.4. The number of nitrogens with one attached hydrogen (secondary N) is 1. The topological polar surface area (TPSA) is 55.1 Å². The largest absolute Gasteiger partial charge is 0.399 e. The van der Waals surface area contributed by atoms with Gasteiger partial charge in [0.1, 0.15) is 0 Å². The number of carbonyl (C=O) groups is 1. The lowest BCUT2D eigenvalue weighted by Gasteiger charge is -2.13. The summed E-state index contributed by atoms with van der Waals surface area (Å²) in [7, 11) is 0. The van der Waals surface area contributed by atoms with E-state index in [0.29, 0.717) is 16.5 Å². The van der Waals surface area contributed by atoms with E-state index in [9.17, 15) is 4.79 Å². The lowest BCUT2D eigenvalue weighted by molar-refractivity contribution is 0.102. The summed E-state index contributed by atoms with van der Waals surface area (Å²) in [6.07, 6.45) is 0. The van der Waals surface area contributed by atoms with E-state index in [1.165, 1.54) is 5.56 Å². The van der Waals surface area contributed by atoms with Gasteiger partial charge in [-0.15, -0.1) is 12.4 Å². The molecule has 0 saturated heterocycles. The summed E-state index contributed by atoms with van der Waals surface area (Å²) in [6.45, 7) is 6.42. The van der Waals surface area contributed by atoms with Gasteiger partial charge < -0.3 is 11.1 Å². The molecule has 23 heavy (non-hydrogen) atoms. The quantitative estimate of drug-likeness (QED) is 0.754. The normalized spacial score (nSPS) is 10.3. The number of hydrogen-bond acceptors (Lipinski definition) is 3. The van der Waals surface area contributed by atoms with Crippen LogP contribution in [0.1, 0.15) is 35.3 Å². The van der Waals surface area contributed by atoms with Gasteiger partial charge in [0.25, 0.3) is 5.91 Å². The van der Waals surface area contributed by atoms with E-state index in [4.69, 9.17) is 5.73 Å². The molecule has 124 valence electrons. The second-order valence-electron chi connectivity index (χ2n) is 5.53. The maximum absolute atomic E-state index is 12.3. The fourth-order valence-corrected chi connectivity index (χ4v) is 2.93.